The molecule has 26 heavy (non-hydrogen) atoms. The summed E-state index contributed by atoms with van der Waals surface area (Å²) < 4.78 is 25.4. The van der Waals surface area contributed by atoms with Crippen LogP contribution in [0.2, 0.25) is 0 Å². The molecule has 0 radical (unpaired) electrons. The molecule has 1 atom stereocenters. The summed E-state index contributed by atoms with van der Waals surface area (Å²) in [7, 11) is -3.32. The van der Waals surface area contributed by atoms with Crippen molar-refractivity contribution in [3.05, 3.63) is 65.2 Å². The molecule has 0 aromatic heterocycles. The number of amides is 1. The maximum atomic E-state index is 12.4. The average molecular weight is 372 g/mol. The summed E-state index contributed by atoms with van der Waals surface area (Å²) in [4.78, 5) is 12.4. The summed E-state index contributed by atoms with van der Waals surface area (Å²) in [5, 5.41) is 3.08. The van der Waals surface area contributed by atoms with Crippen molar-refractivity contribution in [3.63, 3.8) is 0 Å². The molecule has 0 aliphatic carbocycles. The lowest BCUT2D eigenvalue weighted by Crippen LogP contribution is -2.40. The number of nitrogens with zero attached hydrogens (tertiary/aromatic N) is 1. The Hall–Kier alpha value is -2.34. The van der Waals surface area contributed by atoms with E-state index in [1.165, 1.54) is 21.7 Å². The number of hydrogen-bond acceptors (Lipinski definition) is 3. The second-order valence-corrected chi connectivity index (χ2v) is 8.64. The van der Waals surface area contributed by atoms with E-state index >= 15 is 0 Å². The molecule has 2 aromatic carbocycles. The standard InChI is InChI=1S/C20H24N2O3S/c1-15-7-3-4-8-16(15)11-12-20(23)21-18-13-14-22(26(2,24)25)19-10-6-5-9-17(18)19/h3-10,18H,11-14H2,1-2H3,(H,21,23). The Labute approximate surface area is 155 Å². The van der Waals surface area contributed by atoms with Gasteiger partial charge in [-0.1, -0.05) is 42.5 Å². The van der Waals surface area contributed by atoms with Gasteiger partial charge in [-0.25, -0.2) is 8.42 Å². The minimum absolute atomic E-state index is 0.0131. The fourth-order valence-electron chi connectivity index (χ4n) is 3.43. The molecule has 0 saturated heterocycles. The Bertz CT molecular complexity index is 909. The van der Waals surface area contributed by atoms with Gasteiger partial charge in [-0.05, 0) is 42.5 Å². The summed E-state index contributed by atoms with van der Waals surface area (Å²) >= 11 is 0. The normalized spacial score (nSPS) is 16.8. The average Bonchev–Trinajstić information content (AvgIpc) is 2.60. The topological polar surface area (TPSA) is 66.5 Å². The monoisotopic (exact) mass is 372 g/mol. The number of para-hydroxylation sites is 1. The molecule has 1 amide bonds. The van der Waals surface area contributed by atoms with E-state index in [-0.39, 0.29) is 11.9 Å². The molecule has 0 saturated carbocycles. The molecule has 0 bridgehead atoms. The first-order valence-electron chi connectivity index (χ1n) is 8.77. The highest BCUT2D eigenvalue weighted by Crippen LogP contribution is 2.35. The number of carbonyl (C=O) groups is 1. The molecule has 2 aromatic rings. The Morgan fingerprint density at radius 3 is 2.58 bits per heavy atom. The van der Waals surface area contributed by atoms with Gasteiger partial charge in [-0.3, -0.25) is 9.10 Å². The van der Waals surface area contributed by atoms with Crippen molar-refractivity contribution in [2.45, 2.75) is 32.2 Å². The third-order valence-electron chi connectivity index (χ3n) is 4.82. The molecule has 138 valence electrons. The van der Waals surface area contributed by atoms with E-state index in [1.54, 1.807) is 6.07 Å². The first-order valence-corrected chi connectivity index (χ1v) is 10.6. The van der Waals surface area contributed by atoms with Crippen molar-refractivity contribution < 1.29 is 13.2 Å². The van der Waals surface area contributed by atoms with Gasteiger partial charge in [-0.15, -0.1) is 0 Å². The lowest BCUT2D eigenvalue weighted by atomic mass is 9.97. The number of benzene rings is 2. The third kappa shape index (κ3) is 4.07. The van der Waals surface area contributed by atoms with Gasteiger partial charge in [0.05, 0.1) is 18.0 Å². The lowest BCUT2D eigenvalue weighted by molar-refractivity contribution is -0.121. The van der Waals surface area contributed by atoms with Crippen LogP contribution in [0.3, 0.4) is 0 Å². The van der Waals surface area contributed by atoms with Crippen LogP contribution in [0, 0.1) is 6.92 Å². The van der Waals surface area contributed by atoms with E-state index < -0.39 is 10.0 Å². The van der Waals surface area contributed by atoms with Gasteiger partial charge in [0.15, 0.2) is 0 Å². The van der Waals surface area contributed by atoms with Crippen LogP contribution < -0.4 is 9.62 Å². The van der Waals surface area contributed by atoms with Gasteiger partial charge in [0.2, 0.25) is 15.9 Å². The molecule has 1 heterocycles. The Morgan fingerprint density at radius 2 is 1.85 bits per heavy atom. The van der Waals surface area contributed by atoms with Crippen LogP contribution in [0.15, 0.2) is 48.5 Å². The van der Waals surface area contributed by atoms with Crippen molar-refractivity contribution in [3.8, 4) is 0 Å². The van der Waals surface area contributed by atoms with Crippen LogP contribution >= 0.6 is 0 Å². The summed E-state index contributed by atoms with van der Waals surface area (Å²) in [6.07, 6.45) is 2.90. The van der Waals surface area contributed by atoms with Crippen LogP contribution in [0.1, 0.15) is 35.6 Å². The van der Waals surface area contributed by atoms with Crippen molar-refractivity contribution in [2.24, 2.45) is 0 Å². The number of anilines is 1. The molecule has 0 fully saturated rings. The van der Waals surface area contributed by atoms with Gasteiger partial charge in [0, 0.05) is 13.0 Å². The highest BCUT2D eigenvalue weighted by Gasteiger charge is 2.30. The Morgan fingerprint density at radius 1 is 1.15 bits per heavy atom. The maximum absolute atomic E-state index is 12.4. The van der Waals surface area contributed by atoms with E-state index in [2.05, 4.69) is 5.32 Å². The smallest absolute Gasteiger partial charge is 0.232 e. The number of rotatable bonds is 5. The highest BCUT2D eigenvalue weighted by atomic mass is 32.2. The Balaban J connectivity index is 1.70. The molecule has 1 unspecified atom stereocenters. The SMILES string of the molecule is Cc1ccccc1CCC(=O)NC1CCN(S(C)(=O)=O)c2ccccc21. The van der Waals surface area contributed by atoms with Crippen LogP contribution in [-0.4, -0.2) is 27.1 Å². The van der Waals surface area contributed by atoms with Crippen LogP contribution in [0.4, 0.5) is 5.69 Å². The van der Waals surface area contributed by atoms with Crippen molar-refractivity contribution >= 4 is 21.6 Å². The van der Waals surface area contributed by atoms with Crippen LogP contribution in [0.5, 0.6) is 0 Å². The molecule has 1 aliphatic heterocycles. The Kier molecular flexibility index (Phi) is 5.32. The third-order valence-corrected chi connectivity index (χ3v) is 6.00. The van der Waals surface area contributed by atoms with Crippen LogP contribution in [-0.2, 0) is 21.2 Å². The molecule has 3 rings (SSSR count). The molecule has 6 heteroatoms. The van der Waals surface area contributed by atoms with Crippen molar-refractivity contribution in [1.82, 2.24) is 5.32 Å². The minimum Gasteiger partial charge on any atom is -0.349 e. The number of nitrogens with one attached hydrogen (secondary N) is 1. The largest absolute Gasteiger partial charge is 0.349 e. The predicted molar refractivity (Wildman–Crippen MR) is 104 cm³/mol. The zero-order valence-corrected chi connectivity index (χ0v) is 15.9. The second kappa shape index (κ2) is 7.50. The van der Waals surface area contributed by atoms with Crippen molar-refractivity contribution in [1.29, 1.82) is 0 Å². The van der Waals surface area contributed by atoms with E-state index in [4.69, 9.17) is 0 Å². The van der Waals surface area contributed by atoms with Gasteiger partial charge in [0.25, 0.3) is 0 Å². The first-order chi connectivity index (χ1) is 12.4. The predicted octanol–water partition coefficient (Wildman–Crippen LogP) is 2.95. The molecular weight excluding hydrogens is 348 g/mol. The summed E-state index contributed by atoms with van der Waals surface area (Å²) in [5.41, 5.74) is 3.88. The summed E-state index contributed by atoms with van der Waals surface area (Å²) in [6, 6.07) is 15.3. The van der Waals surface area contributed by atoms with Gasteiger partial charge >= 0.3 is 0 Å². The number of sulfonamides is 1. The fourth-order valence-corrected chi connectivity index (χ4v) is 4.39. The number of aryl methyl sites for hydroxylation is 2. The van der Waals surface area contributed by atoms with E-state index in [0.29, 0.717) is 31.5 Å². The van der Waals surface area contributed by atoms with Gasteiger partial charge in [-0.2, -0.15) is 0 Å². The molecular formula is C20H24N2O3S. The number of fused-ring (bicyclic) bond motifs is 1. The zero-order valence-electron chi connectivity index (χ0n) is 15.1. The lowest BCUT2D eigenvalue weighted by Gasteiger charge is -2.34. The van der Waals surface area contributed by atoms with E-state index in [1.807, 2.05) is 49.4 Å². The second-order valence-electron chi connectivity index (χ2n) is 6.73. The zero-order chi connectivity index (χ0) is 18.7. The minimum atomic E-state index is -3.32. The fraction of sp³-hybridized carbons (Fsp3) is 0.350. The first kappa shape index (κ1) is 18.5. The highest BCUT2D eigenvalue weighted by molar-refractivity contribution is 7.92. The van der Waals surface area contributed by atoms with Gasteiger partial charge in [0.1, 0.15) is 0 Å². The summed E-state index contributed by atoms with van der Waals surface area (Å²) in [6.45, 7) is 2.42. The van der Waals surface area contributed by atoms with Gasteiger partial charge < -0.3 is 5.32 Å². The molecule has 1 aliphatic rings. The van der Waals surface area contributed by atoms with E-state index in [9.17, 15) is 13.2 Å². The molecule has 1 N–H and O–H groups in total. The maximum Gasteiger partial charge on any atom is 0.232 e. The quantitative estimate of drug-likeness (QED) is 0.877. The summed E-state index contributed by atoms with van der Waals surface area (Å²) in [5.74, 6) is -0.0131. The molecule has 5 nitrogen and oxygen atoms in total. The van der Waals surface area contributed by atoms with Crippen molar-refractivity contribution in [2.75, 3.05) is 17.1 Å². The molecule has 0 spiro atoms. The number of carbonyl (C=O) groups excluding carboxylic acids is 1. The van der Waals surface area contributed by atoms with E-state index in [0.717, 1.165) is 5.56 Å². The van der Waals surface area contributed by atoms with Crippen LogP contribution in [0.25, 0.3) is 0 Å². The number of hydrogen-bond donors (Lipinski definition) is 1.